The first-order chi connectivity index (χ1) is 40.2. The second-order valence-corrected chi connectivity index (χ2v) is 24.6. The Morgan fingerprint density at radius 3 is 1.09 bits per heavy atom. The number of allylic oxidation sites excluding steroid dienone is 8. The fraction of sp³-hybridized carbons (Fsp3) is 0.873. The summed E-state index contributed by atoms with van der Waals surface area (Å²) >= 11 is 0. The van der Waals surface area contributed by atoms with Crippen LogP contribution in [0.15, 0.2) is 48.6 Å². The molecular formula is C71H133NO10. The zero-order valence-electron chi connectivity index (χ0n) is 53.2. The molecule has 11 nitrogen and oxygen atoms in total. The second kappa shape index (κ2) is 59.4. The van der Waals surface area contributed by atoms with Gasteiger partial charge in [0.1, 0.15) is 36.6 Å². The van der Waals surface area contributed by atoms with Crippen molar-refractivity contribution in [3.05, 3.63) is 48.6 Å². The zero-order valence-corrected chi connectivity index (χ0v) is 53.2. The second-order valence-electron chi connectivity index (χ2n) is 24.6. The van der Waals surface area contributed by atoms with Crippen molar-refractivity contribution in [2.24, 2.45) is 0 Å². The fourth-order valence-electron chi connectivity index (χ4n) is 11.2. The van der Waals surface area contributed by atoms with Crippen LogP contribution in [-0.4, -0.2) is 110 Å². The number of hydrogen-bond acceptors (Lipinski definition) is 10. The van der Waals surface area contributed by atoms with E-state index in [0.29, 0.717) is 19.3 Å². The molecule has 1 aliphatic heterocycles. The molecule has 9 atom stereocenters. The van der Waals surface area contributed by atoms with E-state index in [9.17, 15) is 40.5 Å². The standard InChI is InChI=1S/C71H133NO10/c1-3-5-7-9-11-13-15-17-19-21-23-25-27-29-30-31-32-33-34-35-37-38-40-42-44-46-48-50-52-54-56-58-63(74)66(76)62(61-81-71-69(79)68(78)67(77)65(60-73)82-71)72-70(80)64(75)59-57-55-53-51-49-47-45-43-41-39-36-28-26-24-22-20-18-16-14-12-10-8-6-4-2/h35-37,39,42,44,50,52,62-69,71,73-79H,3-34,38,40-41,43,45-49,51,53-61H2,1-2H3,(H,72,80)/b37-35+,39-36-,44-42+,52-50+. The molecule has 482 valence electrons. The summed E-state index contributed by atoms with van der Waals surface area (Å²) in [5.74, 6) is -0.712. The van der Waals surface area contributed by atoms with Gasteiger partial charge in [-0.15, -0.1) is 0 Å². The van der Waals surface area contributed by atoms with Crippen molar-refractivity contribution < 1.29 is 50.0 Å². The van der Waals surface area contributed by atoms with E-state index in [4.69, 9.17) is 9.47 Å². The molecule has 1 rings (SSSR count). The number of aliphatic hydroxyl groups excluding tert-OH is 7. The van der Waals surface area contributed by atoms with Crippen molar-refractivity contribution in [1.82, 2.24) is 5.32 Å². The topological polar surface area (TPSA) is 189 Å². The minimum atomic E-state index is -1.68. The molecule has 0 aliphatic carbocycles. The van der Waals surface area contributed by atoms with Gasteiger partial charge in [-0.05, 0) is 89.9 Å². The highest BCUT2D eigenvalue weighted by atomic mass is 16.7. The first kappa shape index (κ1) is 78.1. The van der Waals surface area contributed by atoms with E-state index in [0.717, 1.165) is 51.4 Å². The van der Waals surface area contributed by atoms with Gasteiger partial charge in [-0.1, -0.05) is 287 Å². The van der Waals surface area contributed by atoms with E-state index in [1.54, 1.807) is 0 Å². The van der Waals surface area contributed by atoms with Gasteiger partial charge in [0, 0.05) is 0 Å². The number of rotatable bonds is 61. The highest BCUT2D eigenvalue weighted by Crippen LogP contribution is 2.24. The molecule has 0 aromatic rings. The summed E-state index contributed by atoms with van der Waals surface area (Å²) < 4.78 is 11.2. The number of aliphatic hydroxyl groups is 7. The number of ether oxygens (including phenoxy) is 2. The molecule has 0 aromatic carbocycles. The number of nitrogens with one attached hydrogen (secondary N) is 1. The monoisotopic (exact) mass is 1160 g/mol. The third-order valence-electron chi connectivity index (χ3n) is 16.8. The van der Waals surface area contributed by atoms with Crippen molar-refractivity contribution in [3.8, 4) is 0 Å². The normalized spacial score (nSPS) is 19.4. The molecule has 1 amide bonds. The Kier molecular flexibility index (Phi) is 56.6. The molecule has 8 N–H and O–H groups in total. The predicted molar refractivity (Wildman–Crippen MR) is 344 cm³/mol. The maximum Gasteiger partial charge on any atom is 0.249 e. The van der Waals surface area contributed by atoms with E-state index in [-0.39, 0.29) is 12.8 Å². The van der Waals surface area contributed by atoms with Crippen LogP contribution in [0.4, 0.5) is 0 Å². The van der Waals surface area contributed by atoms with Gasteiger partial charge in [0.2, 0.25) is 5.91 Å². The molecule has 1 aliphatic rings. The van der Waals surface area contributed by atoms with E-state index < -0.39 is 74.2 Å². The quantitative estimate of drug-likeness (QED) is 0.0215. The average Bonchev–Trinajstić information content (AvgIpc) is 3.48. The van der Waals surface area contributed by atoms with Gasteiger partial charge in [0.05, 0.1) is 25.4 Å². The molecular weight excluding hydrogens is 1030 g/mol. The zero-order chi connectivity index (χ0) is 59.6. The number of unbranched alkanes of at least 4 members (excludes halogenated alkanes) is 41. The Morgan fingerprint density at radius 1 is 0.415 bits per heavy atom. The molecule has 82 heavy (non-hydrogen) atoms. The molecule has 0 aromatic heterocycles. The molecule has 0 bridgehead atoms. The maximum atomic E-state index is 13.2. The Labute approximate surface area is 504 Å². The van der Waals surface area contributed by atoms with Crippen molar-refractivity contribution in [2.45, 2.75) is 384 Å². The Morgan fingerprint density at radius 2 is 0.732 bits per heavy atom. The maximum absolute atomic E-state index is 13.2. The van der Waals surface area contributed by atoms with Crippen LogP contribution in [0.5, 0.6) is 0 Å². The molecule has 1 saturated heterocycles. The summed E-state index contributed by atoms with van der Waals surface area (Å²) in [5.41, 5.74) is 0. The molecule has 1 heterocycles. The molecule has 9 unspecified atom stereocenters. The van der Waals surface area contributed by atoms with Gasteiger partial charge in [-0.2, -0.15) is 0 Å². The van der Waals surface area contributed by atoms with E-state index in [2.05, 4.69) is 67.8 Å². The summed E-state index contributed by atoms with van der Waals surface area (Å²) in [4.78, 5) is 13.2. The van der Waals surface area contributed by atoms with Gasteiger partial charge in [0.25, 0.3) is 0 Å². The lowest BCUT2D eigenvalue weighted by molar-refractivity contribution is -0.303. The Hall–Kier alpha value is -1.93. The van der Waals surface area contributed by atoms with Crippen LogP contribution in [0.3, 0.4) is 0 Å². The van der Waals surface area contributed by atoms with Crippen LogP contribution in [0, 0.1) is 0 Å². The van der Waals surface area contributed by atoms with E-state index in [1.165, 1.54) is 231 Å². The lowest BCUT2D eigenvalue weighted by Crippen LogP contribution is -2.60. The lowest BCUT2D eigenvalue weighted by Gasteiger charge is -2.40. The minimum Gasteiger partial charge on any atom is -0.394 e. The molecule has 0 spiro atoms. The average molecular weight is 1160 g/mol. The van der Waals surface area contributed by atoms with Crippen LogP contribution < -0.4 is 5.32 Å². The first-order valence-electron chi connectivity index (χ1n) is 35.0. The molecule has 11 heteroatoms. The molecule has 0 radical (unpaired) electrons. The smallest absolute Gasteiger partial charge is 0.249 e. The number of carbonyl (C=O) groups excluding carboxylic acids is 1. The highest BCUT2D eigenvalue weighted by Gasteiger charge is 2.44. The van der Waals surface area contributed by atoms with E-state index in [1.807, 2.05) is 0 Å². The molecule has 0 saturated carbocycles. The number of hydrogen-bond donors (Lipinski definition) is 8. The summed E-state index contributed by atoms with van der Waals surface area (Å²) in [5, 5.41) is 76.4. The van der Waals surface area contributed by atoms with Gasteiger partial charge in [0.15, 0.2) is 6.29 Å². The van der Waals surface area contributed by atoms with Crippen molar-refractivity contribution in [2.75, 3.05) is 13.2 Å². The summed E-state index contributed by atoms with van der Waals surface area (Å²) in [6.45, 7) is 3.48. The number of carbonyl (C=O) groups is 1. The van der Waals surface area contributed by atoms with Crippen LogP contribution >= 0.6 is 0 Å². The SMILES string of the molecule is CCCCCCCCCCCCCC/C=C\CCCCCCCCCCC(O)C(=O)NC(COC1OC(CO)C(O)C(O)C1O)C(O)C(O)CCC/C=C/CC/C=C/CC/C=C/CCCCCCCCCCCCCCCCCCCC. The van der Waals surface area contributed by atoms with E-state index >= 15 is 0 Å². The molecule has 1 fully saturated rings. The summed E-state index contributed by atoms with van der Waals surface area (Å²) in [6, 6.07) is -1.20. The van der Waals surface area contributed by atoms with Crippen molar-refractivity contribution >= 4 is 5.91 Å². The Balaban J connectivity index is 2.25. The Bertz CT molecular complexity index is 1470. The largest absolute Gasteiger partial charge is 0.394 e. The third-order valence-corrected chi connectivity index (χ3v) is 16.8. The lowest BCUT2D eigenvalue weighted by atomic mass is 9.98. The minimum absolute atomic E-state index is 0.240. The number of amides is 1. The van der Waals surface area contributed by atoms with Gasteiger partial charge >= 0.3 is 0 Å². The highest BCUT2D eigenvalue weighted by molar-refractivity contribution is 5.80. The summed E-state index contributed by atoms with van der Waals surface area (Å²) in [7, 11) is 0. The van der Waals surface area contributed by atoms with Crippen LogP contribution in [0.1, 0.15) is 328 Å². The fourth-order valence-corrected chi connectivity index (χ4v) is 11.2. The third kappa shape index (κ3) is 46.3. The van der Waals surface area contributed by atoms with Crippen molar-refractivity contribution in [1.29, 1.82) is 0 Å². The van der Waals surface area contributed by atoms with Crippen LogP contribution in [0.25, 0.3) is 0 Å². The van der Waals surface area contributed by atoms with Crippen molar-refractivity contribution in [3.63, 3.8) is 0 Å². The van der Waals surface area contributed by atoms with Crippen LogP contribution in [-0.2, 0) is 14.3 Å². The first-order valence-corrected chi connectivity index (χ1v) is 35.0. The van der Waals surface area contributed by atoms with Crippen LogP contribution in [0.2, 0.25) is 0 Å². The van der Waals surface area contributed by atoms with Gasteiger partial charge in [-0.25, -0.2) is 0 Å². The van der Waals surface area contributed by atoms with Gasteiger partial charge in [-0.3, -0.25) is 4.79 Å². The van der Waals surface area contributed by atoms with Gasteiger partial charge < -0.3 is 50.5 Å². The predicted octanol–water partition coefficient (Wildman–Crippen LogP) is 16.7. The summed E-state index contributed by atoms with van der Waals surface area (Å²) in [6.07, 6.45) is 66.3.